The van der Waals surface area contributed by atoms with Gasteiger partial charge in [0.2, 0.25) is 0 Å². The second-order valence-corrected chi connectivity index (χ2v) is 7.64. The molecule has 3 N–H and O–H groups in total. The van der Waals surface area contributed by atoms with Crippen LogP contribution in [0.5, 0.6) is 11.5 Å². The van der Waals surface area contributed by atoms with Crippen LogP contribution in [-0.2, 0) is 19.4 Å². The lowest BCUT2D eigenvalue weighted by atomic mass is 10.0. The zero-order valence-corrected chi connectivity index (χ0v) is 18.1. The van der Waals surface area contributed by atoms with Gasteiger partial charge in [-0.1, -0.05) is 25.2 Å². The number of aromatic nitrogens is 2. The molecule has 0 unspecified atom stereocenters. The van der Waals surface area contributed by atoms with Gasteiger partial charge >= 0.3 is 0 Å². The topological polar surface area (TPSA) is 70.3 Å². The fraction of sp³-hybridized carbons (Fsp3) is 0.304. The fourth-order valence-corrected chi connectivity index (χ4v) is 3.75. The number of benzene rings is 2. The van der Waals surface area contributed by atoms with Gasteiger partial charge in [-0.2, -0.15) is 0 Å². The number of hydrogen-bond donors (Lipinski definition) is 3. The molecule has 0 atom stereocenters. The van der Waals surface area contributed by atoms with Crippen molar-refractivity contribution in [1.82, 2.24) is 14.9 Å². The molecule has 1 aromatic heterocycles. The molecule has 0 saturated carbocycles. The average Bonchev–Trinajstić information content (AvgIpc) is 3.00. The van der Waals surface area contributed by atoms with Gasteiger partial charge in [-0.15, -0.1) is 0 Å². The summed E-state index contributed by atoms with van der Waals surface area (Å²) in [5, 5.41) is 23.2. The summed E-state index contributed by atoms with van der Waals surface area (Å²) in [6.45, 7) is 8.88. The molecule has 0 radical (unpaired) electrons. The van der Waals surface area contributed by atoms with E-state index in [4.69, 9.17) is 12.2 Å². The van der Waals surface area contributed by atoms with E-state index in [1.807, 2.05) is 32.9 Å². The first kappa shape index (κ1) is 20.9. The minimum atomic E-state index is 0.0508. The van der Waals surface area contributed by atoms with Gasteiger partial charge in [0.1, 0.15) is 17.3 Å². The molecule has 0 aliphatic rings. The maximum atomic E-state index is 10.2. The van der Waals surface area contributed by atoms with Gasteiger partial charge in [0, 0.05) is 30.8 Å². The number of phenolic OH excluding ortho intramolecular Hbond substituents is 2. The quantitative estimate of drug-likeness (QED) is 0.507. The van der Waals surface area contributed by atoms with Gasteiger partial charge in [-0.05, 0) is 62.1 Å². The molecule has 6 heteroatoms. The Morgan fingerprint density at radius 2 is 1.93 bits per heavy atom. The predicted molar refractivity (Wildman–Crippen MR) is 122 cm³/mol. The highest BCUT2D eigenvalue weighted by molar-refractivity contribution is 7.80. The number of imidazole rings is 1. The molecule has 2 aromatic carbocycles. The van der Waals surface area contributed by atoms with E-state index in [0.29, 0.717) is 23.4 Å². The van der Waals surface area contributed by atoms with Crippen molar-refractivity contribution in [2.45, 2.75) is 47.1 Å². The highest BCUT2D eigenvalue weighted by atomic mass is 32.1. The lowest BCUT2D eigenvalue weighted by Gasteiger charge is -2.11. The van der Waals surface area contributed by atoms with Crippen LogP contribution >= 0.6 is 12.2 Å². The zero-order valence-electron chi connectivity index (χ0n) is 17.3. The van der Waals surface area contributed by atoms with E-state index >= 15 is 0 Å². The summed E-state index contributed by atoms with van der Waals surface area (Å²) in [4.78, 5) is 5.28. The third-order valence-electron chi connectivity index (χ3n) is 5.14. The summed E-state index contributed by atoms with van der Waals surface area (Å²) >= 11 is 5.52. The smallest absolute Gasteiger partial charge is 0.126 e. The van der Waals surface area contributed by atoms with Gasteiger partial charge in [-0.25, -0.2) is 4.98 Å². The van der Waals surface area contributed by atoms with Crippen molar-refractivity contribution in [3.05, 3.63) is 59.0 Å². The van der Waals surface area contributed by atoms with E-state index in [2.05, 4.69) is 33.9 Å². The van der Waals surface area contributed by atoms with Crippen LogP contribution in [0.15, 0.2) is 36.5 Å². The number of hydrogen-bond acceptors (Lipinski definition) is 4. The van der Waals surface area contributed by atoms with Crippen molar-refractivity contribution < 1.29 is 10.2 Å². The van der Waals surface area contributed by atoms with Crippen molar-refractivity contribution in [3.8, 4) is 11.5 Å². The monoisotopic (exact) mass is 409 g/mol. The summed E-state index contributed by atoms with van der Waals surface area (Å²) in [7, 11) is 0. The van der Waals surface area contributed by atoms with E-state index < -0.39 is 0 Å². The highest BCUT2D eigenvalue weighted by Gasteiger charge is 2.10. The fourth-order valence-electron chi connectivity index (χ4n) is 3.52. The van der Waals surface area contributed by atoms with Crippen LogP contribution in [0.2, 0.25) is 0 Å². The Morgan fingerprint density at radius 3 is 2.62 bits per heavy atom. The number of aromatic hydroxyl groups is 2. The molecule has 0 fully saturated rings. The number of rotatable bonds is 6. The van der Waals surface area contributed by atoms with Crippen LogP contribution in [-0.4, -0.2) is 24.8 Å². The summed E-state index contributed by atoms with van der Waals surface area (Å²) in [6.07, 6.45) is 3.10. The van der Waals surface area contributed by atoms with Crippen molar-refractivity contribution in [1.29, 1.82) is 0 Å². The van der Waals surface area contributed by atoms with Crippen LogP contribution < -0.4 is 5.32 Å². The molecule has 0 spiro atoms. The van der Waals surface area contributed by atoms with Crippen LogP contribution in [0.1, 0.15) is 43.3 Å². The predicted octanol–water partition coefficient (Wildman–Crippen LogP) is 4.86. The number of aryl methyl sites for hydroxylation is 3. The van der Waals surface area contributed by atoms with Crippen LogP contribution in [0.4, 0.5) is 0 Å². The third kappa shape index (κ3) is 4.43. The molecule has 0 bridgehead atoms. The van der Waals surface area contributed by atoms with E-state index in [1.54, 1.807) is 6.20 Å². The van der Waals surface area contributed by atoms with Gasteiger partial charge in [0.25, 0.3) is 0 Å². The first-order chi connectivity index (χ1) is 13.8. The molecule has 3 aromatic rings. The van der Waals surface area contributed by atoms with Crippen molar-refractivity contribution >= 4 is 33.8 Å². The molecule has 0 amide bonds. The molecule has 1 heterocycles. The molecule has 29 heavy (non-hydrogen) atoms. The Hall–Kier alpha value is -2.86. The Morgan fingerprint density at radius 1 is 1.17 bits per heavy atom. The van der Waals surface area contributed by atoms with E-state index in [9.17, 15) is 10.2 Å². The molecule has 5 nitrogen and oxygen atoms in total. The number of fused-ring (bicyclic) bond motifs is 1. The van der Waals surface area contributed by atoms with Crippen molar-refractivity contribution in [2.24, 2.45) is 0 Å². The van der Waals surface area contributed by atoms with Gasteiger partial charge in [0.15, 0.2) is 0 Å². The van der Waals surface area contributed by atoms with Crippen LogP contribution in [0.25, 0.3) is 16.6 Å². The maximum absolute atomic E-state index is 10.2. The molecule has 3 rings (SSSR count). The third-order valence-corrected chi connectivity index (χ3v) is 5.40. The Kier molecular flexibility index (Phi) is 6.23. The maximum Gasteiger partial charge on any atom is 0.126 e. The molecule has 0 aliphatic carbocycles. The lowest BCUT2D eigenvalue weighted by molar-refractivity contribution is 0.445. The second kappa shape index (κ2) is 8.66. The molecule has 0 aliphatic heterocycles. The van der Waals surface area contributed by atoms with E-state index in [0.717, 1.165) is 40.1 Å². The normalized spacial score (nSPS) is 11.8. The lowest BCUT2D eigenvalue weighted by Crippen LogP contribution is -2.17. The first-order valence-corrected chi connectivity index (χ1v) is 10.2. The van der Waals surface area contributed by atoms with Crippen molar-refractivity contribution in [2.75, 3.05) is 0 Å². The number of allylic oxidation sites excluding steroid dienone is 1. The minimum Gasteiger partial charge on any atom is -0.508 e. The number of nitrogens with zero attached hydrogens (tertiary/aromatic N) is 2. The Bertz CT molecular complexity index is 1100. The number of phenols is 2. The summed E-state index contributed by atoms with van der Waals surface area (Å²) in [6, 6.07) is 9.43. The number of thiocarbonyl (C=S) groups is 1. The standard InChI is InChI=1S/C23H27N3O2S/c1-5-17-11-18(22(28)12-21(17)27)14(3)13-24-23(29)10-16-7-8-19-20(9-16)26(6-2)15(4)25-19/h7-9,11-13,27-28H,5-6,10H2,1-4H3,(H,24,29)/b14-13+. The van der Waals surface area contributed by atoms with Crippen LogP contribution in [0, 0.1) is 6.92 Å². The van der Waals surface area contributed by atoms with E-state index in [-0.39, 0.29) is 11.5 Å². The highest BCUT2D eigenvalue weighted by Crippen LogP contribution is 2.32. The zero-order chi connectivity index (χ0) is 21.1. The second-order valence-electron chi connectivity index (χ2n) is 7.15. The number of nitrogens with one attached hydrogen (secondary N) is 1. The average molecular weight is 410 g/mol. The molecule has 152 valence electrons. The van der Waals surface area contributed by atoms with Gasteiger partial charge in [-0.3, -0.25) is 0 Å². The van der Waals surface area contributed by atoms with E-state index in [1.165, 1.54) is 6.07 Å². The minimum absolute atomic E-state index is 0.0508. The summed E-state index contributed by atoms with van der Waals surface area (Å²) < 4.78 is 2.19. The van der Waals surface area contributed by atoms with Crippen LogP contribution in [0.3, 0.4) is 0 Å². The molecule has 0 saturated heterocycles. The van der Waals surface area contributed by atoms with Gasteiger partial charge in [0.05, 0.1) is 16.0 Å². The first-order valence-electron chi connectivity index (χ1n) is 9.81. The molecular formula is C23H27N3O2S. The van der Waals surface area contributed by atoms with Gasteiger partial charge < -0.3 is 20.1 Å². The SMILES string of the molecule is CCc1cc(/C(C)=C/NC(=S)Cc2ccc3nc(C)n(CC)c3c2)c(O)cc1O. The molecular weight excluding hydrogens is 382 g/mol. The summed E-state index contributed by atoms with van der Waals surface area (Å²) in [5.41, 5.74) is 5.56. The Labute approximate surface area is 176 Å². The summed E-state index contributed by atoms with van der Waals surface area (Å²) in [5.74, 6) is 1.18. The van der Waals surface area contributed by atoms with Crippen molar-refractivity contribution in [3.63, 3.8) is 0 Å². The Balaban J connectivity index is 1.75. The largest absolute Gasteiger partial charge is 0.508 e.